The van der Waals surface area contributed by atoms with Crippen LogP contribution in [0.15, 0.2) is 84.9 Å². The summed E-state index contributed by atoms with van der Waals surface area (Å²) in [6.45, 7) is 3.11. The van der Waals surface area contributed by atoms with E-state index in [-0.39, 0.29) is 24.3 Å². The van der Waals surface area contributed by atoms with E-state index in [0.29, 0.717) is 0 Å². The van der Waals surface area contributed by atoms with Crippen molar-refractivity contribution in [1.29, 1.82) is 0 Å². The van der Waals surface area contributed by atoms with Crippen LogP contribution in [0.25, 0.3) is 0 Å². The van der Waals surface area contributed by atoms with Gasteiger partial charge in [0.25, 0.3) is 11.8 Å². The van der Waals surface area contributed by atoms with Crippen LogP contribution in [0.5, 0.6) is 0 Å². The Balaban J connectivity index is 1.31. The van der Waals surface area contributed by atoms with Crippen LogP contribution < -0.4 is 0 Å². The lowest BCUT2D eigenvalue weighted by molar-refractivity contribution is -0.390. The highest BCUT2D eigenvalue weighted by molar-refractivity contribution is 6.21. The third-order valence-electron chi connectivity index (χ3n) is 9.96. The number of benzene rings is 3. The largest absolute Gasteiger partial charge is 0.463 e. The third-order valence-corrected chi connectivity index (χ3v) is 9.96. The molecule has 0 bridgehead atoms. The van der Waals surface area contributed by atoms with Crippen LogP contribution in [-0.2, 0) is 68.4 Å². The molecule has 11 atom stereocenters. The zero-order valence-corrected chi connectivity index (χ0v) is 31.6. The second-order valence-electron chi connectivity index (χ2n) is 13.8. The van der Waals surface area contributed by atoms with Crippen molar-refractivity contribution in [2.45, 2.75) is 95.0 Å². The fourth-order valence-corrected chi connectivity index (χ4v) is 7.52. The molecule has 16 nitrogen and oxygen atoms in total. The first kappa shape index (κ1) is 40.1. The Bertz CT molecular complexity index is 1890. The van der Waals surface area contributed by atoms with E-state index in [9.17, 15) is 24.0 Å². The van der Waals surface area contributed by atoms with Gasteiger partial charge in [-0.25, -0.2) is 0 Å². The van der Waals surface area contributed by atoms with Crippen molar-refractivity contribution < 1.29 is 71.3 Å². The first-order chi connectivity index (χ1) is 27.5. The predicted octanol–water partition coefficient (Wildman–Crippen LogP) is 3.26. The van der Waals surface area contributed by atoms with Gasteiger partial charge >= 0.3 is 17.9 Å². The summed E-state index contributed by atoms with van der Waals surface area (Å²) in [5.74, 6) is -3.81. The molecule has 0 unspecified atom stereocenters. The van der Waals surface area contributed by atoms with Gasteiger partial charge in [0, 0.05) is 33.4 Å². The Kier molecular flexibility index (Phi) is 12.4. The van der Waals surface area contributed by atoms with Crippen LogP contribution in [0.1, 0.15) is 58.9 Å². The highest BCUT2D eigenvalue weighted by Crippen LogP contribution is 2.41. The van der Waals surface area contributed by atoms with E-state index in [1.165, 1.54) is 26.2 Å². The number of methoxy groups -OCH3 is 1. The topological polar surface area (TPSA) is 181 Å². The smallest absolute Gasteiger partial charge is 0.303 e. The maximum absolute atomic E-state index is 14.2. The zero-order chi connectivity index (χ0) is 40.2. The number of carbonyl (C=O) groups excluding carboxylic acids is 5. The van der Waals surface area contributed by atoms with Crippen molar-refractivity contribution in [3.8, 4) is 0 Å². The van der Waals surface area contributed by atoms with Crippen molar-refractivity contribution in [2.75, 3.05) is 20.3 Å². The Hall–Kier alpha value is -5.07. The van der Waals surface area contributed by atoms with Gasteiger partial charge in [-0.05, 0) is 17.7 Å². The van der Waals surface area contributed by atoms with Crippen LogP contribution >= 0.6 is 0 Å². The SMILES string of the molecule is CO[C@H]1O[C@@H]2CO[C@@H](c3ccccc3)O[C@H]2[C@H](OCc2ccccc2)[C@H]1O[C@@H]1O[C@H](COC(C)=O)[C@@H](OC(C)=O)[C@H](OC(C)=O)[C@@H]1N1C(=O)c2ccccc2C1=O. The van der Waals surface area contributed by atoms with Crippen molar-refractivity contribution in [3.63, 3.8) is 0 Å². The van der Waals surface area contributed by atoms with Crippen molar-refractivity contribution in [2.24, 2.45) is 0 Å². The van der Waals surface area contributed by atoms with Gasteiger partial charge < -0.3 is 47.4 Å². The molecule has 16 heteroatoms. The third kappa shape index (κ3) is 8.62. The normalized spacial score (nSPS) is 30.9. The molecule has 3 aromatic rings. The number of fused-ring (bicyclic) bond motifs is 2. The summed E-state index contributed by atoms with van der Waals surface area (Å²) < 4.78 is 61.6. The second-order valence-corrected chi connectivity index (χ2v) is 13.8. The molecule has 0 radical (unpaired) electrons. The molecule has 0 aromatic heterocycles. The fraction of sp³-hybridized carbons (Fsp3) is 0.439. The fourth-order valence-electron chi connectivity index (χ4n) is 7.52. The van der Waals surface area contributed by atoms with Crippen molar-refractivity contribution in [3.05, 3.63) is 107 Å². The minimum absolute atomic E-state index is 0.0825. The van der Waals surface area contributed by atoms with E-state index in [2.05, 4.69) is 0 Å². The summed E-state index contributed by atoms with van der Waals surface area (Å²) in [5, 5.41) is 0. The molecule has 0 aliphatic carbocycles. The van der Waals surface area contributed by atoms with E-state index >= 15 is 0 Å². The number of amides is 2. The Labute approximate surface area is 328 Å². The number of ether oxygens (including phenoxy) is 10. The molecule has 0 saturated carbocycles. The first-order valence-electron chi connectivity index (χ1n) is 18.5. The van der Waals surface area contributed by atoms with Gasteiger partial charge in [-0.1, -0.05) is 72.8 Å². The standard InChI is InChI=1S/C41H43NO15/c1-22(43)49-20-29-32(52-23(2)44)34(53-24(3)45)31(42-37(46)27-17-11-12-18-28(27)38(42)47)40(54-29)57-36-35(50-19-25-13-7-5-8-14-25)33-30(55-41(36)48-4)21-51-39(56-33)26-15-9-6-10-16-26/h5-18,29-36,39-41H,19-21H2,1-4H3/t29-,30-,31+,32-,33-,34-,35+,36-,39-,40+,41+/m1/s1. The zero-order valence-electron chi connectivity index (χ0n) is 31.6. The average Bonchev–Trinajstić information content (AvgIpc) is 3.45. The maximum atomic E-state index is 14.2. The van der Waals surface area contributed by atoms with Gasteiger partial charge in [0.05, 0.1) is 24.3 Å². The molecular formula is C41H43NO15. The molecule has 3 aromatic carbocycles. The summed E-state index contributed by atoms with van der Waals surface area (Å²) in [6, 6.07) is 23.3. The van der Waals surface area contributed by atoms with Gasteiger partial charge in [-0.15, -0.1) is 0 Å². The number of carbonyl (C=O) groups is 5. The lowest BCUT2D eigenvalue weighted by Gasteiger charge is -2.51. The lowest BCUT2D eigenvalue weighted by atomic mass is 9.93. The van der Waals surface area contributed by atoms with E-state index in [1.54, 1.807) is 12.1 Å². The number of nitrogens with zero attached hydrogens (tertiary/aromatic N) is 1. The quantitative estimate of drug-likeness (QED) is 0.148. The van der Waals surface area contributed by atoms with E-state index in [1.807, 2.05) is 60.7 Å². The Morgan fingerprint density at radius 2 is 1.32 bits per heavy atom. The molecule has 3 fully saturated rings. The van der Waals surface area contributed by atoms with Gasteiger partial charge in [0.1, 0.15) is 43.2 Å². The molecule has 4 heterocycles. The summed E-state index contributed by atoms with van der Waals surface area (Å²) >= 11 is 0. The predicted molar refractivity (Wildman–Crippen MR) is 193 cm³/mol. The molecule has 4 aliphatic heterocycles. The minimum Gasteiger partial charge on any atom is -0.463 e. The first-order valence-corrected chi connectivity index (χ1v) is 18.5. The summed E-state index contributed by atoms with van der Waals surface area (Å²) in [6.07, 6.45) is -11.8. The molecular weight excluding hydrogens is 746 g/mol. The summed E-state index contributed by atoms with van der Waals surface area (Å²) in [5.41, 5.74) is 1.75. The molecule has 7 rings (SSSR count). The van der Waals surface area contributed by atoms with Crippen molar-refractivity contribution >= 4 is 29.7 Å². The molecule has 0 N–H and O–H groups in total. The van der Waals surface area contributed by atoms with Crippen LogP contribution in [-0.4, -0.2) is 116 Å². The number of esters is 3. The monoisotopic (exact) mass is 789 g/mol. The van der Waals surface area contributed by atoms with Gasteiger partial charge in [-0.2, -0.15) is 0 Å². The lowest BCUT2D eigenvalue weighted by Crippen LogP contribution is -2.70. The second kappa shape index (κ2) is 17.6. The molecule has 2 amide bonds. The maximum Gasteiger partial charge on any atom is 0.303 e. The number of hydrogen-bond acceptors (Lipinski definition) is 15. The summed E-state index contributed by atoms with van der Waals surface area (Å²) in [4.78, 5) is 66.7. The molecule has 57 heavy (non-hydrogen) atoms. The van der Waals surface area contributed by atoms with Crippen LogP contribution in [0.3, 0.4) is 0 Å². The van der Waals surface area contributed by atoms with Crippen LogP contribution in [0.4, 0.5) is 0 Å². The molecule has 302 valence electrons. The highest BCUT2D eigenvalue weighted by atomic mass is 16.8. The van der Waals surface area contributed by atoms with Crippen molar-refractivity contribution in [1.82, 2.24) is 4.90 Å². The summed E-state index contributed by atoms with van der Waals surface area (Å²) in [7, 11) is 1.40. The number of rotatable bonds is 12. The molecule has 3 saturated heterocycles. The Morgan fingerprint density at radius 3 is 1.93 bits per heavy atom. The van der Waals surface area contributed by atoms with E-state index in [4.69, 9.17) is 47.4 Å². The van der Waals surface area contributed by atoms with E-state index in [0.717, 1.165) is 29.9 Å². The number of imide groups is 1. The van der Waals surface area contributed by atoms with Gasteiger partial charge in [0.15, 0.2) is 31.1 Å². The minimum atomic E-state index is -1.67. The van der Waals surface area contributed by atoms with E-state index < -0.39 is 104 Å². The van der Waals surface area contributed by atoms with Crippen LogP contribution in [0, 0.1) is 0 Å². The van der Waals surface area contributed by atoms with Crippen LogP contribution in [0.2, 0.25) is 0 Å². The molecule has 0 spiro atoms. The average molecular weight is 790 g/mol. The number of hydrogen-bond donors (Lipinski definition) is 0. The van der Waals surface area contributed by atoms with Gasteiger partial charge in [0.2, 0.25) is 0 Å². The highest BCUT2D eigenvalue weighted by Gasteiger charge is 2.60. The van der Waals surface area contributed by atoms with Gasteiger partial charge in [-0.3, -0.25) is 28.9 Å². The molecule has 4 aliphatic rings. The Morgan fingerprint density at radius 1 is 0.702 bits per heavy atom.